The predicted molar refractivity (Wildman–Crippen MR) is 103 cm³/mol. The van der Waals surface area contributed by atoms with Gasteiger partial charge in [0.05, 0.1) is 14.2 Å². The van der Waals surface area contributed by atoms with E-state index in [9.17, 15) is 9.59 Å². The molecule has 1 N–H and O–H groups in total. The van der Waals surface area contributed by atoms with E-state index in [2.05, 4.69) is 34.5 Å². The monoisotopic (exact) mass is 458 g/mol. The summed E-state index contributed by atoms with van der Waals surface area (Å²) in [5.74, 6) is -0.0819. The van der Waals surface area contributed by atoms with Crippen LogP contribution in [0.1, 0.15) is 5.56 Å². The molecule has 2 rings (SSSR count). The van der Waals surface area contributed by atoms with Gasteiger partial charge in [0.15, 0.2) is 16.6 Å². The SMILES string of the molecule is C=CCN1C(=O)/C(=C/c2cc(I)cc(OC)c2OC)C(=O)NC1=S. The number of benzene rings is 1. The molecule has 0 unspecified atom stereocenters. The van der Waals surface area contributed by atoms with Crippen molar-refractivity contribution in [2.24, 2.45) is 0 Å². The van der Waals surface area contributed by atoms with Crippen LogP contribution in [0.2, 0.25) is 0 Å². The first kappa shape index (κ1) is 18.4. The van der Waals surface area contributed by atoms with Crippen LogP contribution in [0.3, 0.4) is 0 Å². The largest absolute Gasteiger partial charge is 0.493 e. The van der Waals surface area contributed by atoms with Crippen molar-refractivity contribution in [1.29, 1.82) is 0 Å². The fraction of sp³-hybridized carbons (Fsp3) is 0.188. The minimum absolute atomic E-state index is 0.0344. The van der Waals surface area contributed by atoms with Crippen molar-refractivity contribution in [3.05, 3.63) is 39.5 Å². The highest BCUT2D eigenvalue weighted by atomic mass is 127. The molecule has 0 saturated carbocycles. The highest BCUT2D eigenvalue weighted by Crippen LogP contribution is 2.35. The average Bonchev–Trinajstić information content (AvgIpc) is 2.54. The first-order chi connectivity index (χ1) is 11.4. The second-order valence-corrected chi connectivity index (χ2v) is 6.38. The number of thiocarbonyl (C=S) groups is 1. The number of halogens is 1. The number of rotatable bonds is 5. The van der Waals surface area contributed by atoms with Crippen molar-refractivity contribution < 1.29 is 19.1 Å². The summed E-state index contributed by atoms with van der Waals surface area (Å²) in [5, 5.41) is 2.57. The van der Waals surface area contributed by atoms with Gasteiger partial charge < -0.3 is 9.47 Å². The molecule has 1 aliphatic rings. The van der Waals surface area contributed by atoms with E-state index in [0.29, 0.717) is 17.1 Å². The van der Waals surface area contributed by atoms with Crippen LogP contribution < -0.4 is 14.8 Å². The zero-order valence-corrected chi connectivity index (χ0v) is 16.1. The van der Waals surface area contributed by atoms with E-state index < -0.39 is 11.8 Å². The molecule has 8 heteroatoms. The molecule has 0 bridgehead atoms. The van der Waals surface area contributed by atoms with Gasteiger partial charge in [0.2, 0.25) is 0 Å². The van der Waals surface area contributed by atoms with Crippen LogP contribution in [0.25, 0.3) is 6.08 Å². The first-order valence-corrected chi connectivity index (χ1v) is 8.33. The summed E-state index contributed by atoms with van der Waals surface area (Å²) in [6.07, 6.45) is 3.01. The Hall–Kier alpha value is -1.94. The molecule has 1 heterocycles. The Balaban J connectivity index is 2.55. The molecule has 126 valence electrons. The van der Waals surface area contributed by atoms with Gasteiger partial charge in [-0.25, -0.2) is 0 Å². The Morgan fingerprint density at radius 3 is 2.62 bits per heavy atom. The number of carbonyl (C=O) groups excluding carboxylic acids is 2. The van der Waals surface area contributed by atoms with Crippen LogP contribution in [0, 0.1) is 3.57 Å². The van der Waals surface area contributed by atoms with Crippen LogP contribution in [-0.4, -0.2) is 42.6 Å². The fourth-order valence-corrected chi connectivity index (χ4v) is 3.08. The van der Waals surface area contributed by atoms with Gasteiger partial charge in [-0.3, -0.25) is 19.8 Å². The Labute approximate surface area is 158 Å². The zero-order valence-electron chi connectivity index (χ0n) is 13.1. The summed E-state index contributed by atoms with van der Waals surface area (Å²) in [4.78, 5) is 26.0. The maximum absolute atomic E-state index is 12.6. The third-order valence-corrected chi connectivity index (χ3v) is 4.21. The maximum Gasteiger partial charge on any atom is 0.265 e. The predicted octanol–water partition coefficient (Wildman–Crippen LogP) is 2.12. The quantitative estimate of drug-likeness (QED) is 0.241. The average molecular weight is 458 g/mol. The van der Waals surface area contributed by atoms with Crippen LogP contribution >= 0.6 is 34.8 Å². The molecule has 2 amide bonds. The Kier molecular flexibility index (Phi) is 5.94. The number of nitrogens with zero attached hydrogens (tertiary/aromatic N) is 1. The summed E-state index contributed by atoms with van der Waals surface area (Å²) in [6, 6.07) is 3.59. The number of amides is 2. The Morgan fingerprint density at radius 1 is 1.33 bits per heavy atom. The molecule has 1 aliphatic heterocycles. The summed E-state index contributed by atoms with van der Waals surface area (Å²) < 4.78 is 11.5. The third-order valence-electron chi connectivity index (χ3n) is 3.27. The number of hydrogen-bond acceptors (Lipinski definition) is 5. The van der Waals surface area contributed by atoms with Gasteiger partial charge in [0.1, 0.15) is 5.57 Å². The molecule has 0 atom stereocenters. The van der Waals surface area contributed by atoms with Crippen LogP contribution in [0.15, 0.2) is 30.4 Å². The van der Waals surface area contributed by atoms with Gasteiger partial charge in [-0.05, 0) is 53.0 Å². The molecule has 1 aromatic rings. The third kappa shape index (κ3) is 3.59. The van der Waals surface area contributed by atoms with Crippen molar-refractivity contribution in [2.45, 2.75) is 0 Å². The lowest BCUT2D eigenvalue weighted by Gasteiger charge is -2.27. The normalized spacial score (nSPS) is 16.2. The number of methoxy groups -OCH3 is 2. The molecule has 1 fully saturated rings. The van der Waals surface area contributed by atoms with Crippen molar-refractivity contribution in [3.63, 3.8) is 0 Å². The summed E-state index contributed by atoms with van der Waals surface area (Å²) in [7, 11) is 3.02. The molecule has 1 aromatic carbocycles. The maximum atomic E-state index is 12.6. The molecular weight excluding hydrogens is 443 g/mol. The van der Waals surface area contributed by atoms with E-state index in [1.54, 1.807) is 12.1 Å². The molecule has 0 aliphatic carbocycles. The number of carbonyl (C=O) groups is 2. The van der Waals surface area contributed by atoms with Gasteiger partial charge in [-0.1, -0.05) is 6.08 Å². The Bertz CT molecular complexity index is 761. The molecule has 24 heavy (non-hydrogen) atoms. The minimum atomic E-state index is -0.551. The molecule has 0 aromatic heterocycles. The van der Waals surface area contributed by atoms with Crippen molar-refractivity contribution in [1.82, 2.24) is 10.2 Å². The number of nitrogens with one attached hydrogen (secondary N) is 1. The lowest BCUT2D eigenvalue weighted by Crippen LogP contribution is -2.53. The molecular formula is C16H15IN2O4S. The van der Waals surface area contributed by atoms with Gasteiger partial charge in [0, 0.05) is 15.7 Å². The second kappa shape index (κ2) is 7.75. The van der Waals surface area contributed by atoms with Crippen molar-refractivity contribution in [2.75, 3.05) is 20.8 Å². The van der Waals surface area contributed by atoms with E-state index in [1.807, 2.05) is 0 Å². The van der Waals surface area contributed by atoms with Crippen molar-refractivity contribution in [3.8, 4) is 11.5 Å². The van der Waals surface area contributed by atoms with Gasteiger partial charge in [-0.2, -0.15) is 0 Å². The Morgan fingerprint density at radius 2 is 2.04 bits per heavy atom. The molecule has 0 radical (unpaired) electrons. The highest BCUT2D eigenvalue weighted by molar-refractivity contribution is 14.1. The topological polar surface area (TPSA) is 67.9 Å². The summed E-state index contributed by atoms with van der Waals surface area (Å²) >= 11 is 7.14. The smallest absolute Gasteiger partial charge is 0.265 e. The highest BCUT2D eigenvalue weighted by Gasteiger charge is 2.33. The van der Waals surface area contributed by atoms with Gasteiger partial charge >= 0.3 is 0 Å². The van der Waals surface area contributed by atoms with Crippen molar-refractivity contribution >= 4 is 57.8 Å². The van der Waals surface area contributed by atoms with Crippen LogP contribution in [0.5, 0.6) is 11.5 Å². The molecule has 6 nitrogen and oxygen atoms in total. The van der Waals surface area contributed by atoms with E-state index in [4.69, 9.17) is 21.7 Å². The minimum Gasteiger partial charge on any atom is -0.493 e. The number of hydrogen-bond donors (Lipinski definition) is 1. The zero-order chi connectivity index (χ0) is 17.9. The molecule has 0 spiro atoms. The first-order valence-electron chi connectivity index (χ1n) is 6.84. The fourth-order valence-electron chi connectivity index (χ4n) is 2.21. The number of ether oxygens (including phenoxy) is 2. The van der Waals surface area contributed by atoms with Gasteiger partial charge in [0.25, 0.3) is 11.8 Å². The summed E-state index contributed by atoms with van der Waals surface area (Å²) in [5.41, 5.74) is 0.527. The lowest BCUT2D eigenvalue weighted by atomic mass is 10.1. The van der Waals surface area contributed by atoms with E-state index in [0.717, 1.165) is 3.57 Å². The van der Waals surface area contributed by atoms with Crippen LogP contribution in [0.4, 0.5) is 0 Å². The van der Waals surface area contributed by atoms with Gasteiger partial charge in [-0.15, -0.1) is 6.58 Å². The van der Waals surface area contributed by atoms with E-state index in [-0.39, 0.29) is 17.2 Å². The standard InChI is InChI=1S/C16H15IN2O4S/c1-4-5-19-15(21)11(14(20)18-16(19)24)7-9-6-10(17)8-12(22-2)13(9)23-3/h4,6-8H,1,5H2,2-3H3,(H,18,20,24)/b11-7+. The lowest BCUT2D eigenvalue weighted by molar-refractivity contribution is -0.128. The molecule has 1 saturated heterocycles. The summed E-state index contributed by atoms with van der Waals surface area (Å²) in [6.45, 7) is 3.80. The van der Waals surface area contributed by atoms with E-state index >= 15 is 0 Å². The van der Waals surface area contributed by atoms with Crippen LogP contribution in [-0.2, 0) is 9.59 Å². The van der Waals surface area contributed by atoms with E-state index in [1.165, 1.54) is 31.3 Å². The second-order valence-electron chi connectivity index (χ2n) is 4.75.